The second kappa shape index (κ2) is 9.62. The van der Waals surface area contributed by atoms with Gasteiger partial charge in [-0.15, -0.1) is 0 Å². The summed E-state index contributed by atoms with van der Waals surface area (Å²) in [5, 5.41) is 14.8. The van der Waals surface area contributed by atoms with E-state index in [9.17, 15) is 28.7 Å². The molecule has 1 saturated carbocycles. The van der Waals surface area contributed by atoms with E-state index in [4.69, 9.17) is 0 Å². The lowest BCUT2D eigenvalue weighted by Crippen LogP contribution is -2.54. The molecule has 0 unspecified atom stereocenters. The smallest absolute Gasteiger partial charge is 0.255 e. The first-order valence-corrected chi connectivity index (χ1v) is 11.9. The first-order chi connectivity index (χ1) is 17.7. The van der Waals surface area contributed by atoms with Crippen molar-refractivity contribution in [3.63, 3.8) is 0 Å². The molecule has 10 heteroatoms. The van der Waals surface area contributed by atoms with Crippen LogP contribution in [0.5, 0.6) is 0 Å². The Bertz CT molecular complexity index is 1430. The molecule has 9 nitrogen and oxygen atoms in total. The number of anilines is 2. The van der Waals surface area contributed by atoms with Crippen molar-refractivity contribution in [3.8, 4) is 5.69 Å². The van der Waals surface area contributed by atoms with Gasteiger partial charge in [0.25, 0.3) is 5.56 Å². The summed E-state index contributed by atoms with van der Waals surface area (Å²) in [6.45, 7) is 2.20. The Kier molecular flexibility index (Phi) is 6.34. The Morgan fingerprint density at radius 1 is 0.919 bits per heavy atom. The van der Waals surface area contributed by atoms with Crippen molar-refractivity contribution < 1.29 is 23.9 Å². The number of carbonyl (C=O) groups excluding carboxylic acids is 3. The molecular weight excluding hydrogens is 479 g/mol. The number of amides is 3. The van der Waals surface area contributed by atoms with Gasteiger partial charge in [0.1, 0.15) is 5.82 Å². The van der Waals surface area contributed by atoms with E-state index < -0.39 is 47.4 Å². The summed E-state index contributed by atoms with van der Waals surface area (Å²) in [5.41, 5.74) is 1.36. The van der Waals surface area contributed by atoms with Gasteiger partial charge in [0, 0.05) is 37.1 Å². The zero-order valence-electron chi connectivity index (χ0n) is 19.9. The number of aliphatic hydroxyl groups excluding tert-OH is 1. The van der Waals surface area contributed by atoms with Gasteiger partial charge in [0.05, 0.1) is 35.2 Å². The minimum absolute atomic E-state index is 0.132. The maximum absolute atomic E-state index is 14.9. The van der Waals surface area contributed by atoms with Crippen molar-refractivity contribution in [2.24, 2.45) is 17.8 Å². The van der Waals surface area contributed by atoms with Crippen molar-refractivity contribution in [1.29, 1.82) is 0 Å². The van der Waals surface area contributed by atoms with Crippen LogP contribution in [-0.2, 0) is 14.4 Å². The summed E-state index contributed by atoms with van der Waals surface area (Å²) in [6.07, 6.45) is 0.874. The number of likely N-dealkylation sites (tertiary alicyclic amines) is 1. The molecule has 3 atom stereocenters. The number of aliphatic hydroxyl groups is 1. The summed E-state index contributed by atoms with van der Waals surface area (Å²) >= 11 is 0. The van der Waals surface area contributed by atoms with Gasteiger partial charge in [-0.2, -0.15) is 0 Å². The predicted molar refractivity (Wildman–Crippen MR) is 133 cm³/mol. The van der Waals surface area contributed by atoms with Crippen LogP contribution in [-0.4, -0.2) is 51.5 Å². The van der Waals surface area contributed by atoms with Crippen LogP contribution in [0.3, 0.4) is 0 Å². The van der Waals surface area contributed by atoms with Crippen molar-refractivity contribution in [2.75, 3.05) is 23.7 Å². The number of aryl methyl sites for hydroxylation is 1. The molecule has 0 spiro atoms. The highest BCUT2D eigenvalue weighted by Gasteiger charge is 2.64. The van der Waals surface area contributed by atoms with Crippen LogP contribution in [0.25, 0.3) is 5.69 Å². The number of pyridine rings is 1. The van der Waals surface area contributed by atoms with Crippen LogP contribution < -0.4 is 16.2 Å². The first-order valence-electron chi connectivity index (χ1n) is 11.9. The fourth-order valence-corrected chi connectivity index (χ4v) is 4.59. The van der Waals surface area contributed by atoms with Crippen molar-refractivity contribution in [2.45, 2.75) is 13.0 Å². The van der Waals surface area contributed by atoms with Gasteiger partial charge in [0.2, 0.25) is 17.7 Å². The molecule has 1 aromatic heterocycles. The van der Waals surface area contributed by atoms with E-state index in [1.165, 1.54) is 33.9 Å². The number of hydrogen-bond donors (Lipinski definition) is 3. The second-order valence-electron chi connectivity index (χ2n) is 9.39. The molecule has 1 aliphatic heterocycles. The maximum Gasteiger partial charge on any atom is 0.255 e. The van der Waals surface area contributed by atoms with Crippen LogP contribution in [0.2, 0.25) is 0 Å². The number of halogens is 1. The summed E-state index contributed by atoms with van der Waals surface area (Å²) in [7, 11) is 0. The Labute approximate surface area is 211 Å². The second-order valence-corrected chi connectivity index (χ2v) is 9.39. The number of nitrogens with zero attached hydrogens (tertiary/aromatic N) is 2. The molecule has 3 N–H and O–H groups in total. The highest BCUT2D eigenvalue weighted by atomic mass is 19.1. The monoisotopic (exact) mass is 504 g/mol. The average Bonchev–Trinajstić information content (AvgIpc) is 3.61. The molecule has 2 fully saturated rings. The predicted octanol–water partition coefficient (Wildman–Crippen LogP) is 1.93. The van der Waals surface area contributed by atoms with Crippen LogP contribution in [0, 0.1) is 30.5 Å². The van der Waals surface area contributed by atoms with E-state index in [-0.39, 0.29) is 30.0 Å². The molecule has 2 aromatic carbocycles. The van der Waals surface area contributed by atoms with E-state index in [1.54, 1.807) is 24.3 Å². The topological polar surface area (TPSA) is 121 Å². The quantitative estimate of drug-likeness (QED) is 0.474. The lowest BCUT2D eigenvalue weighted by atomic mass is 10.1. The van der Waals surface area contributed by atoms with Crippen molar-refractivity contribution in [3.05, 3.63) is 88.6 Å². The number of benzene rings is 2. The van der Waals surface area contributed by atoms with Crippen LogP contribution >= 0.6 is 0 Å². The zero-order chi connectivity index (χ0) is 26.3. The Balaban J connectivity index is 1.33. The van der Waals surface area contributed by atoms with Crippen molar-refractivity contribution in [1.82, 2.24) is 9.47 Å². The molecule has 2 aliphatic rings. The Hall–Kier alpha value is -4.31. The molecule has 190 valence electrons. The van der Waals surface area contributed by atoms with Gasteiger partial charge in [-0.25, -0.2) is 4.39 Å². The number of nitrogens with one attached hydrogen (secondary N) is 2. The molecule has 0 radical (unpaired) electrons. The summed E-state index contributed by atoms with van der Waals surface area (Å²) in [5.74, 6) is -5.15. The Morgan fingerprint density at radius 2 is 1.59 bits per heavy atom. The van der Waals surface area contributed by atoms with Gasteiger partial charge in [-0.3, -0.25) is 23.7 Å². The van der Waals surface area contributed by atoms with E-state index in [1.807, 2.05) is 19.1 Å². The number of hydrogen-bond acceptors (Lipinski definition) is 5. The molecule has 2 heterocycles. The van der Waals surface area contributed by atoms with Crippen LogP contribution in [0.1, 0.15) is 5.56 Å². The fourth-order valence-electron chi connectivity index (χ4n) is 4.59. The molecule has 1 saturated heterocycles. The van der Waals surface area contributed by atoms with E-state index in [0.29, 0.717) is 5.69 Å². The summed E-state index contributed by atoms with van der Waals surface area (Å²) in [4.78, 5) is 52.5. The molecule has 0 bridgehead atoms. The van der Waals surface area contributed by atoms with Gasteiger partial charge in [-0.05, 0) is 37.3 Å². The van der Waals surface area contributed by atoms with E-state index in [0.717, 1.165) is 11.6 Å². The highest BCUT2D eigenvalue weighted by Crippen LogP contribution is 2.49. The first kappa shape index (κ1) is 24.4. The number of carbonyl (C=O) groups is 3. The molecule has 3 aromatic rings. The van der Waals surface area contributed by atoms with Gasteiger partial charge in [-0.1, -0.05) is 23.8 Å². The third kappa shape index (κ3) is 4.88. The van der Waals surface area contributed by atoms with E-state index in [2.05, 4.69) is 10.6 Å². The number of aromatic nitrogens is 1. The number of rotatable bonds is 6. The van der Waals surface area contributed by atoms with Crippen LogP contribution in [0.15, 0.2) is 71.7 Å². The summed E-state index contributed by atoms with van der Waals surface area (Å²) < 4.78 is 16.1. The SMILES string of the molecule is Cc1ccc(NC(=O)[C@@H]2[C@H](C(=O)Nc3ccc(-n4ccccc4=O)cc3F)[C@H]2C(=O)N2CC(O)C2)cc1. The minimum Gasteiger partial charge on any atom is -0.389 e. The number of β-amino-alcohol motifs (C(OH)–C–C–N with tert-alkyl or cyclic N) is 1. The highest BCUT2D eigenvalue weighted by molar-refractivity contribution is 6.09. The molecule has 3 amide bonds. The van der Waals surface area contributed by atoms with Crippen LogP contribution in [0.4, 0.5) is 15.8 Å². The summed E-state index contributed by atoms with van der Waals surface area (Å²) in [6, 6.07) is 15.6. The lowest BCUT2D eigenvalue weighted by Gasteiger charge is -2.36. The molecular formula is C27H25FN4O5. The van der Waals surface area contributed by atoms with Gasteiger partial charge in [0.15, 0.2) is 0 Å². The average molecular weight is 505 g/mol. The van der Waals surface area contributed by atoms with E-state index >= 15 is 0 Å². The molecule has 5 rings (SSSR count). The van der Waals surface area contributed by atoms with Crippen molar-refractivity contribution >= 4 is 29.1 Å². The molecule has 1 aliphatic carbocycles. The standard InChI is InChI=1S/C27H25FN4O5/c1-15-5-7-16(8-6-15)29-25(35)22-23(24(22)27(37)31-13-18(33)14-31)26(36)30-20-10-9-17(12-19(20)28)32-11-3-2-4-21(32)34/h2-12,18,22-24,33H,13-14H2,1H3,(H,29,35)(H,30,36)/t22-,23+,24+/m1/s1. The third-order valence-corrected chi connectivity index (χ3v) is 6.71. The maximum atomic E-state index is 14.9. The zero-order valence-corrected chi connectivity index (χ0v) is 19.9. The normalized spacial score (nSPS) is 20.6. The lowest BCUT2D eigenvalue weighted by molar-refractivity contribution is -0.144. The Morgan fingerprint density at radius 3 is 2.22 bits per heavy atom. The fraction of sp³-hybridized carbons (Fsp3) is 0.259. The minimum atomic E-state index is -0.994. The molecule has 37 heavy (non-hydrogen) atoms. The third-order valence-electron chi connectivity index (χ3n) is 6.71. The van der Waals surface area contributed by atoms with Gasteiger partial charge < -0.3 is 20.6 Å². The van der Waals surface area contributed by atoms with Gasteiger partial charge >= 0.3 is 0 Å². The largest absolute Gasteiger partial charge is 0.389 e.